The molecule has 0 aliphatic heterocycles. The van der Waals surface area contributed by atoms with Crippen molar-refractivity contribution in [3.8, 4) is 0 Å². The molecule has 0 bridgehead atoms. The molecule has 0 saturated carbocycles. The molecule has 0 radical (unpaired) electrons. The number of alkyl halides is 1. The molecule has 0 aromatic rings. The third-order valence-electron chi connectivity index (χ3n) is 1.28. The van der Waals surface area contributed by atoms with Crippen LogP contribution in [0.2, 0.25) is 0 Å². The van der Waals surface area contributed by atoms with E-state index in [4.69, 9.17) is 16.1 Å². The molecule has 0 amide bonds. The van der Waals surface area contributed by atoms with E-state index in [1.807, 2.05) is 13.8 Å². The molecule has 0 N–H and O–H groups in total. The van der Waals surface area contributed by atoms with Crippen molar-refractivity contribution < 1.29 is 9.09 Å². The van der Waals surface area contributed by atoms with Crippen LogP contribution >= 0.6 is 19.0 Å². The van der Waals surface area contributed by atoms with Gasteiger partial charge in [0.1, 0.15) is 0 Å². The fourth-order valence-corrected chi connectivity index (χ4v) is 2.84. The van der Waals surface area contributed by atoms with Gasteiger partial charge in [-0.25, -0.2) is 0 Å². The van der Waals surface area contributed by atoms with Crippen molar-refractivity contribution in [1.29, 1.82) is 0 Å². The Morgan fingerprint density at radius 3 is 2.36 bits per heavy atom. The standard InChI is InChI=1S/C7H16ClO2P/c1-3-5-10-11(9,7-8)6-4-2/h3-7H2,1-2H3/t11-/m0/s1. The van der Waals surface area contributed by atoms with E-state index in [0.29, 0.717) is 12.8 Å². The van der Waals surface area contributed by atoms with Gasteiger partial charge in [0.05, 0.1) is 12.2 Å². The summed E-state index contributed by atoms with van der Waals surface area (Å²) >= 11 is 5.54. The first-order valence-corrected chi connectivity index (χ1v) is 6.50. The normalized spacial score (nSPS) is 16.3. The lowest BCUT2D eigenvalue weighted by atomic mass is 10.5. The van der Waals surface area contributed by atoms with Crippen molar-refractivity contribution in [2.45, 2.75) is 26.7 Å². The fourth-order valence-electron chi connectivity index (χ4n) is 0.757. The minimum atomic E-state index is -2.45. The number of hydrogen-bond donors (Lipinski definition) is 0. The third-order valence-corrected chi connectivity index (χ3v) is 4.52. The van der Waals surface area contributed by atoms with Gasteiger partial charge in [-0.2, -0.15) is 0 Å². The van der Waals surface area contributed by atoms with E-state index >= 15 is 0 Å². The molecule has 2 nitrogen and oxygen atoms in total. The van der Waals surface area contributed by atoms with Crippen LogP contribution in [0, 0.1) is 0 Å². The fraction of sp³-hybridized carbons (Fsp3) is 1.00. The lowest BCUT2D eigenvalue weighted by Gasteiger charge is -2.13. The van der Waals surface area contributed by atoms with Crippen LogP contribution in [0.5, 0.6) is 0 Å². The maximum absolute atomic E-state index is 11.6. The molecule has 0 aliphatic carbocycles. The lowest BCUT2D eigenvalue weighted by molar-refractivity contribution is 0.315. The van der Waals surface area contributed by atoms with Gasteiger partial charge in [-0.15, -0.1) is 11.6 Å². The Bertz CT molecular complexity index is 138. The van der Waals surface area contributed by atoms with Crippen molar-refractivity contribution in [1.82, 2.24) is 0 Å². The zero-order chi connectivity index (χ0) is 8.74. The Morgan fingerprint density at radius 1 is 1.36 bits per heavy atom. The molecular formula is C7H16ClO2P. The SMILES string of the molecule is CCCO[P@](=O)(CCl)CCC. The van der Waals surface area contributed by atoms with E-state index in [-0.39, 0.29) is 5.62 Å². The Kier molecular flexibility index (Phi) is 6.31. The van der Waals surface area contributed by atoms with Crippen molar-refractivity contribution in [3.05, 3.63) is 0 Å². The molecule has 0 aliphatic rings. The summed E-state index contributed by atoms with van der Waals surface area (Å²) in [6.07, 6.45) is 2.37. The number of halogens is 1. The molecule has 0 saturated heterocycles. The van der Waals surface area contributed by atoms with Gasteiger partial charge in [0, 0.05) is 6.16 Å². The highest BCUT2D eigenvalue weighted by Crippen LogP contribution is 2.48. The Balaban J connectivity index is 3.79. The number of rotatable bonds is 6. The number of hydrogen-bond acceptors (Lipinski definition) is 2. The molecule has 11 heavy (non-hydrogen) atoms. The molecule has 0 aromatic carbocycles. The van der Waals surface area contributed by atoms with Gasteiger partial charge < -0.3 is 4.52 Å². The smallest absolute Gasteiger partial charge is 0.217 e. The molecule has 0 fully saturated rings. The van der Waals surface area contributed by atoms with E-state index in [1.54, 1.807) is 0 Å². The monoisotopic (exact) mass is 198 g/mol. The zero-order valence-electron chi connectivity index (χ0n) is 7.18. The van der Waals surface area contributed by atoms with Crippen LogP contribution in [0.4, 0.5) is 0 Å². The summed E-state index contributed by atoms with van der Waals surface area (Å²) in [5.41, 5.74) is 0.154. The van der Waals surface area contributed by atoms with Crippen LogP contribution in [0.25, 0.3) is 0 Å². The topological polar surface area (TPSA) is 26.3 Å². The quantitative estimate of drug-likeness (QED) is 0.484. The van der Waals surface area contributed by atoms with Crippen LogP contribution in [0.1, 0.15) is 26.7 Å². The minimum absolute atomic E-state index is 0.154. The molecule has 0 rings (SSSR count). The summed E-state index contributed by atoms with van der Waals surface area (Å²) in [5.74, 6) is 0. The van der Waals surface area contributed by atoms with Gasteiger partial charge in [0.15, 0.2) is 0 Å². The van der Waals surface area contributed by atoms with E-state index in [0.717, 1.165) is 12.8 Å². The zero-order valence-corrected chi connectivity index (χ0v) is 8.83. The molecular weight excluding hydrogens is 183 g/mol. The summed E-state index contributed by atoms with van der Waals surface area (Å²) in [4.78, 5) is 0. The second-order valence-corrected chi connectivity index (χ2v) is 5.78. The van der Waals surface area contributed by atoms with Crippen LogP contribution in [-0.2, 0) is 9.09 Å². The van der Waals surface area contributed by atoms with Crippen LogP contribution in [-0.4, -0.2) is 18.4 Å². The van der Waals surface area contributed by atoms with Gasteiger partial charge in [-0.1, -0.05) is 13.8 Å². The van der Waals surface area contributed by atoms with Crippen LogP contribution in [0.3, 0.4) is 0 Å². The average Bonchev–Trinajstić information content (AvgIpc) is 2.02. The molecule has 0 unspecified atom stereocenters. The second-order valence-electron chi connectivity index (χ2n) is 2.49. The van der Waals surface area contributed by atoms with Crippen molar-refractivity contribution >= 4 is 19.0 Å². The van der Waals surface area contributed by atoms with Gasteiger partial charge in [-0.05, 0) is 12.8 Å². The first-order chi connectivity index (χ1) is 5.18. The van der Waals surface area contributed by atoms with Gasteiger partial charge in [-0.3, -0.25) is 4.57 Å². The molecule has 4 heteroatoms. The molecule has 0 heterocycles. The Hall–Kier alpha value is 0.480. The van der Waals surface area contributed by atoms with Crippen molar-refractivity contribution in [2.24, 2.45) is 0 Å². The highest BCUT2D eigenvalue weighted by atomic mass is 35.5. The van der Waals surface area contributed by atoms with E-state index in [1.165, 1.54) is 0 Å². The van der Waals surface area contributed by atoms with Crippen LogP contribution < -0.4 is 0 Å². The van der Waals surface area contributed by atoms with Crippen LogP contribution in [0.15, 0.2) is 0 Å². The molecule has 0 spiro atoms. The summed E-state index contributed by atoms with van der Waals surface area (Å²) in [6, 6.07) is 0. The minimum Gasteiger partial charge on any atom is -0.328 e. The van der Waals surface area contributed by atoms with Gasteiger partial charge >= 0.3 is 0 Å². The summed E-state index contributed by atoms with van der Waals surface area (Å²) in [5, 5.41) is 0. The summed E-state index contributed by atoms with van der Waals surface area (Å²) in [7, 11) is -2.45. The maximum atomic E-state index is 11.6. The first-order valence-electron chi connectivity index (χ1n) is 3.97. The van der Waals surface area contributed by atoms with E-state index in [2.05, 4.69) is 0 Å². The molecule has 1 atom stereocenters. The van der Waals surface area contributed by atoms with E-state index in [9.17, 15) is 4.57 Å². The largest absolute Gasteiger partial charge is 0.328 e. The Labute approximate surface area is 73.7 Å². The maximum Gasteiger partial charge on any atom is 0.217 e. The third kappa shape index (κ3) is 4.84. The summed E-state index contributed by atoms with van der Waals surface area (Å²) < 4.78 is 16.8. The summed E-state index contributed by atoms with van der Waals surface area (Å²) in [6.45, 7) is 4.53. The molecule has 68 valence electrons. The highest BCUT2D eigenvalue weighted by Gasteiger charge is 2.19. The highest BCUT2D eigenvalue weighted by molar-refractivity contribution is 7.60. The Morgan fingerprint density at radius 2 is 2.00 bits per heavy atom. The van der Waals surface area contributed by atoms with Crippen molar-refractivity contribution in [2.75, 3.05) is 18.4 Å². The molecule has 0 aromatic heterocycles. The second kappa shape index (κ2) is 6.05. The average molecular weight is 199 g/mol. The lowest BCUT2D eigenvalue weighted by Crippen LogP contribution is -1.97. The van der Waals surface area contributed by atoms with Crippen molar-refractivity contribution in [3.63, 3.8) is 0 Å². The van der Waals surface area contributed by atoms with Gasteiger partial charge in [0.2, 0.25) is 7.37 Å². The van der Waals surface area contributed by atoms with E-state index < -0.39 is 7.37 Å². The predicted octanol–water partition coefficient (Wildman–Crippen LogP) is 3.30. The predicted molar refractivity (Wildman–Crippen MR) is 49.7 cm³/mol. The first kappa shape index (κ1) is 11.5. The van der Waals surface area contributed by atoms with Gasteiger partial charge in [0.25, 0.3) is 0 Å².